The van der Waals surface area contributed by atoms with Crippen molar-refractivity contribution in [2.24, 2.45) is 0 Å². The lowest BCUT2D eigenvalue weighted by molar-refractivity contribution is 0.204. The fourth-order valence-corrected chi connectivity index (χ4v) is 5.18. The highest BCUT2D eigenvalue weighted by molar-refractivity contribution is 7.89. The summed E-state index contributed by atoms with van der Waals surface area (Å²) >= 11 is 0. The Morgan fingerprint density at radius 1 is 1.19 bits per heavy atom. The van der Waals surface area contributed by atoms with Crippen molar-refractivity contribution < 1.29 is 13.5 Å². The molecule has 1 aromatic carbocycles. The SMILES string of the molecule is CCc1ccc(S(=O)(=O)N2C(C)CCCC2C)cc1CO. The maximum absolute atomic E-state index is 12.9. The molecular formula is C16H25NO3S. The zero-order valence-electron chi connectivity index (χ0n) is 13.0. The van der Waals surface area contributed by atoms with Crippen molar-refractivity contribution in [3.05, 3.63) is 29.3 Å². The second-order valence-electron chi connectivity index (χ2n) is 5.91. The molecule has 5 heteroatoms. The minimum atomic E-state index is -3.50. The third-order valence-corrected chi connectivity index (χ3v) is 6.54. The van der Waals surface area contributed by atoms with Crippen LogP contribution in [0.4, 0.5) is 0 Å². The van der Waals surface area contributed by atoms with Gasteiger partial charge in [-0.15, -0.1) is 0 Å². The molecule has 0 spiro atoms. The minimum absolute atomic E-state index is 0.0298. The normalized spacial score (nSPS) is 24.2. The van der Waals surface area contributed by atoms with Gasteiger partial charge in [-0.05, 0) is 56.4 Å². The highest BCUT2D eigenvalue weighted by atomic mass is 32.2. The quantitative estimate of drug-likeness (QED) is 0.930. The molecule has 1 saturated heterocycles. The van der Waals surface area contributed by atoms with Crippen LogP contribution in [0.25, 0.3) is 0 Å². The van der Waals surface area contributed by atoms with Crippen LogP contribution in [-0.4, -0.2) is 29.9 Å². The maximum Gasteiger partial charge on any atom is 0.243 e. The van der Waals surface area contributed by atoms with E-state index in [4.69, 9.17) is 0 Å². The van der Waals surface area contributed by atoms with Gasteiger partial charge in [0.05, 0.1) is 11.5 Å². The summed E-state index contributed by atoms with van der Waals surface area (Å²) < 4.78 is 27.5. The molecule has 1 heterocycles. The van der Waals surface area contributed by atoms with Crippen LogP contribution in [0.1, 0.15) is 51.2 Å². The van der Waals surface area contributed by atoms with Gasteiger partial charge in [0.1, 0.15) is 0 Å². The van der Waals surface area contributed by atoms with Crippen LogP contribution < -0.4 is 0 Å². The fraction of sp³-hybridized carbons (Fsp3) is 0.625. The number of aliphatic hydroxyl groups excluding tert-OH is 1. The summed E-state index contributed by atoms with van der Waals surface area (Å²) in [5, 5.41) is 9.45. The Bertz CT molecular complexity index is 588. The first-order chi connectivity index (χ1) is 9.91. The largest absolute Gasteiger partial charge is 0.392 e. The summed E-state index contributed by atoms with van der Waals surface area (Å²) in [5.74, 6) is 0. The summed E-state index contributed by atoms with van der Waals surface area (Å²) in [7, 11) is -3.50. The van der Waals surface area contributed by atoms with Crippen molar-refractivity contribution >= 4 is 10.0 Å². The smallest absolute Gasteiger partial charge is 0.243 e. The van der Waals surface area contributed by atoms with Crippen molar-refractivity contribution in [3.63, 3.8) is 0 Å². The number of piperidine rings is 1. The molecule has 2 unspecified atom stereocenters. The molecule has 1 aliphatic rings. The first-order valence-electron chi connectivity index (χ1n) is 7.68. The number of aryl methyl sites for hydroxylation is 1. The Hall–Kier alpha value is -0.910. The Kier molecular flexibility index (Phi) is 5.07. The molecule has 4 nitrogen and oxygen atoms in total. The summed E-state index contributed by atoms with van der Waals surface area (Å²) in [6.07, 6.45) is 3.67. The zero-order valence-corrected chi connectivity index (χ0v) is 13.9. The summed E-state index contributed by atoms with van der Waals surface area (Å²) in [6, 6.07) is 5.17. The first kappa shape index (κ1) is 16.5. The fourth-order valence-electron chi connectivity index (χ4n) is 3.25. The predicted octanol–water partition coefficient (Wildman–Crippen LogP) is 2.69. The van der Waals surface area contributed by atoms with E-state index in [1.165, 1.54) is 0 Å². The number of aliphatic hydroxyl groups is 1. The average Bonchev–Trinajstić information content (AvgIpc) is 2.46. The van der Waals surface area contributed by atoms with Gasteiger partial charge >= 0.3 is 0 Å². The lowest BCUT2D eigenvalue weighted by Crippen LogP contribution is -2.47. The van der Waals surface area contributed by atoms with Gasteiger partial charge in [0.15, 0.2) is 0 Å². The van der Waals surface area contributed by atoms with Gasteiger partial charge in [-0.3, -0.25) is 0 Å². The van der Waals surface area contributed by atoms with Crippen LogP contribution in [-0.2, 0) is 23.1 Å². The van der Waals surface area contributed by atoms with Crippen molar-refractivity contribution in [2.75, 3.05) is 0 Å². The number of hydrogen-bond donors (Lipinski definition) is 1. The molecule has 1 N–H and O–H groups in total. The molecule has 0 radical (unpaired) electrons. The molecule has 1 aromatic rings. The van der Waals surface area contributed by atoms with Crippen molar-refractivity contribution in [3.8, 4) is 0 Å². The maximum atomic E-state index is 12.9. The first-order valence-corrected chi connectivity index (χ1v) is 9.12. The van der Waals surface area contributed by atoms with E-state index in [0.717, 1.165) is 31.2 Å². The second-order valence-corrected chi connectivity index (χ2v) is 7.75. The molecule has 2 atom stereocenters. The zero-order chi connectivity index (χ0) is 15.6. The Morgan fingerprint density at radius 2 is 1.81 bits per heavy atom. The third kappa shape index (κ3) is 3.15. The van der Waals surface area contributed by atoms with E-state index in [1.54, 1.807) is 16.4 Å². The summed E-state index contributed by atoms with van der Waals surface area (Å²) in [4.78, 5) is 0.296. The summed E-state index contributed by atoms with van der Waals surface area (Å²) in [6.45, 7) is 5.82. The molecule has 0 amide bonds. The van der Waals surface area contributed by atoms with E-state index in [2.05, 4.69) is 0 Å². The van der Waals surface area contributed by atoms with Crippen LogP contribution in [0.2, 0.25) is 0 Å². The van der Waals surface area contributed by atoms with E-state index in [9.17, 15) is 13.5 Å². The van der Waals surface area contributed by atoms with Gasteiger partial charge in [0.25, 0.3) is 0 Å². The lowest BCUT2D eigenvalue weighted by atomic mass is 10.0. The topological polar surface area (TPSA) is 57.6 Å². The average molecular weight is 311 g/mol. The molecule has 118 valence electrons. The Balaban J connectivity index is 2.43. The van der Waals surface area contributed by atoms with E-state index < -0.39 is 10.0 Å². The van der Waals surface area contributed by atoms with Crippen LogP contribution in [0.5, 0.6) is 0 Å². The van der Waals surface area contributed by atoms with Gasteiger partial charge in [0.2, 0.25) is 10.0 Å². The van der Waals surface area contributed by atoms with E-state index in [-0.39, 0.29) is 18.7 Å². The van der Waals surface area contributed by atoms with Gasteiger partial charge in [-0.25, -0.2) is 8.42 Å². The van der Waals surface area contributed by atoms with Gasteiger partial charge in [0, 0.05) is 12.1 Å². The van der Waals surface area contributed by atoms with Crippen molar-refractivity contribution in [1.82, 2.24) is 4.31 Å². The van der Waals surface area contributed by atoms with Crippen LogP contribution in [0.15, 0.2) is 23.1 Å². The minimum Gasteiger partial charge on any atom is -0.392 e. The van der Waals surface area contributed by atoms with E-state index in [0.29, 0.717) is 10.5 Å². The van der Waals surface area contributed by atoms with E-state index in [1.807, 2.05) is 26.8 Å². The molecule has 0 aliphatic carbocycles. The third-order valence-electron chi connectivity index (χ3n) is 4.42. The number of sulfonamides is 1. The molecule has 0 aromatic heterocycles. The van der Waals surface area contributed by atoms with Crippen LogP contribution in [0, 0.1) is 0 Å². The van der Waals surface area contributed by atoms with Crippen LogP contribution in [0.3, 0.4) is 0 Å². The van der Waals surface area contributed by atoms with Gasteiger partial charge in [-0.1, -0.05) is 19.4 Å². The highest BCUT2D eigenvalue weighted by Gasteiger charge is 2.35. The van der Waals surface area contributed by atoms with E-state index >= 15 is 0 Å². The molecule has 0 bridgehead atoms. The van der Waals surface area contributed by atoms with Gasteiger partial charge < -0.3 is 5.11 Å². The monoisotopic (exact) mass is 311 g/mol. The second kappa shape index (κ2) is 6.46. The standard InChI is InChI=1S/C16H25NO3S/c1-4-14-8-9-16(10-15(14)11-18)21(19,20)17-12(2)6-5-7-13(17)3/h8-10,12-13,18H,4-7,11H2,1-3H3. The number of benzene rings is 1. The molecule has 1 aliphatic heterocycles. The lowest BCUT2D eigenvalue weighted by Gasteiger charge is -2.37. The van der Waals surface area contributed by atoms with Crippen molar-refractivity contribution in [2.45, 2.75) is 70.0 Å². The number of nitrogens with zero attached hydrogens (tertiary/aromatic N) is 1. The molecular weight excluding hydrogens is 286 g/mol. The molecule has 0 saturated carbocycles. The number of hydrogen-bond acceptors (Lipinski definition) is 3. The molecule has 21 heavy (non-hydrogen) atoms. The van der Waals surface area contributed by atoms with Gasteiger partial charge in [-0.2, -0.15) is 4.31 Å². The highest BCUT2D eigenvalue weighted by Crippen LogP contribution is 2.30. The van der Waals surface area contributed by atoms with Crippen molar-refractivity contribution in [1.29, 1.82) is 0 Å². The van der Waals surface area contributed by atoms with Crippen LogP contribution >= 0.6 is 0 Å². The molecule has 2 rings (SSSR count). The molecule has 1 fully saturated rings. The summed E-state index contributed by atoms with van der Waals surface area (Å²) in [5.41, 5.74) is 1.70. The Labute approximate surface area is 127 Å². The predicted molar refractivity (Wildman–Crippen MR) is 83.5 cm³/mol. The Morgan fingerprint density at radius 3 is 2.33 bits per heavy atom. The number of rotatable bonds is 4.